The Bertz CT molecular complexity index is 935. The van der Waals surface area contributed by atoms with Gasteiger partial charge in [0.25, 0.3) is 0 Å². The van der Waals surface area contributed by atoms with E-state index in [4.69, 9.17) is 4.74 Å². The van der Waals surface area contributed by atoms with Gasteiger partial charge < -0.3 is 20.3 Å². The van der Waals surface area contributed by atoms with E-state index in [1.807, 2.05) is 0 Å². The van der Waals surface area contributed by atoms with Crippen molar-refractivity contribution in [2.45, 2.75) is 296 Å². The van der Waals surface area contributed by atoms with Crippen molar-refractivity contribution in [2.24, 2.45) is 0 Å². The average molecular weight is 832 g/mol. The van der Waals surface area contributed by atoms with Gasteiger partial charge in [-0.1, -0.05) is 238 Å². The van der Waals surface area contributed by atoms with Gasteiger partial charge in [-0.05, 0) is 51.4 Å². The van der Waals surface area contributed by atoms with E-state index in [-0.39, 0.29) is 24.9 Å². The van der Waals surface area contributed by atoms with Crippen LogP contribution in [0.15, 0.2) is 24.3 Å². The van der Waals surface area contributed by atoms with Gasteiger partial charge in [0.15, 0.2) is 0 Å². The van der Waals surface area contributed by atoms with Gasteiger partial charge in [0, 0.05) is 6.42 Å². The lowest BCUT2D eigenvalue weighted by atomic mass is 10.0. The van der Waals surface area contributed by atoms with Crippen LogP contribution in [0.5, 0.6) is 0 Å². The summed E-state index contributed by atoms with van der Waals surface area (Å²) in [7, 11) is 0. The highest BCUT2D eigenvalue weighted by Gasteiger charge is 2.24. The van der Waals surface area contributed by atoms with Crippen LogP contribution in [0.1, 0.15) is 278 Å². The molecule has 3 atom stereocenters. The number of rotatable bonds is 47. The topological polar surface area (TPSA) is 95.9 Å². The molecule has 59 heavy (non-hydrogen) atoms. The number of esters is 1. The van der Waals surface area contributed by atoms with E-state index in [9.17, 15) is 19.8 Å². The fourth-order valence-corrected chi connectivity index (χ4v) is 8.12. The molecule has 0 saturated carbocycles. The molecule has 3 unspecified atom stereocenters. The first kappa shape index (κ1) is 57.3. The lowest BCUT2D eigenvalue weighted by molar-refractivity contribution is -0.151. The maximum atomic E-state index is 13.2. The van der Waals surface area contributed by atoms with E-state index in [0.717, 1.165) is 64.2 Å². The molecule has 1 amide bonds. The van der Waals surface area contributed by atoms with Crippen LogP contribution in [0, 0.1) is 0 Å². The Balaban J connectivity index is 4.40. The van der Waals surface area contributed by atoms with E-state index >= 15 is 0 Å². The number of aliphatic hydroxyl groups is 2. The van der Waals surface area contributed by atoms with Gasteiger partial charge in [-0.2, -0.15) is 0 Å². The number of allylic oxidation sites excluding steroid dienone is 4. The standard InChI is InChI=1S/C53H101NO5/c1-4-7-10-13-16-19-21-23-25-26-27-28-30-33-36-39-42-45-51(56)50(48-55)54-52(57)47-49(44-41-38-35-32-18-15-12-9-6-3)59-53(58)46-43-40-37-34-31-29-24-22-20-17-14-11-8-5-2/h8,11,17,20,49-51,55-56H,4-7,9-10,12-16,18-19,21-48H2,1-3H3,(H,54,57)/b11-8+,20-17+. The first-order valence-corrected chi connectivity index (χ1v) is 26.1. The minimum atomic E-state index is -0.784. The Morgan fingerprint density at radius 3 is 1.37 bits per heavy atom. The van der Waals surface area contributed by atoms with Crippen molar-refractivity contribution in [1.29, 1.82) is 0 Å². The summed E-state index contributed by atoms with van der Waals surface area (Å²) in [6, 6.07) is -0.697. The maximum absolute atomic E-state index is 13.2. The smallest absolute Gasteiger partial charge is 0.306 e. The summed E-state index contributed by atoms with van der Waals surface area (Å²) in [5.41, 5.74) is 0. The maximum Gasteiger partial charge on any atom is 0.306 e. The lowest BCUT2D eigenvalue weighted by Crippen LogP contribution is -2.46. The third-order valence-corrected chi connectivity index (χ3v) is 12.0. The molecule has 0 heterocycles. The summed E-state index contributed by atoms with van der Waals surface area (Å²) in [6.07, 6.45) is 53.9. The first-order valence-electron chi connectivity index (χ1n) is 26.1. The van der Waals surface area contributed by atoms with E-state index in [1.165, 1.54) is 167 Å². The van der Waals surface area contributed by atoms with Crippen molar-refractivity contribution in [3.63, 3.8) is 0 Å². The molecule has 0 aromatic heterocycles. The molecule has 348 valence electrons. The molecule has 0 rings (SSSR count). The zero-order valence-corrected chi connectivity index (χ0v) is 39.7. The molecular weight excluding hydrogens is 731 g/mol. The highest BCUT2D eigenvalue weighted by molar-refractivity contribution is 5.77. The molecule has 0 radical (unpaired) electrons. The molecule has 0 bridgehead atoms. The Morgan fingerprint density at radius 2 is 0.915 bits per heavy atom. The third kappa shape index (κ3) is 42.8. The first-order chi connectivity index (χ1) is 29.0. The molecule has 0 saturated heterocycles. The highest BCUT2D eigenvalue weighted by Crippen LogP contribution is 2.18. The Kier molecular flexibility index (Phi) is 46.1. The van der Waals surface area contributed by atoms with Crippen LogP contribution < -0.4 is 5.32 Å². The number of carbonyl (C=O) groups excluding carboxylic acids is 2. The van der Waals surface area contributed by atoms with Crippen molar-refractivity contribution in [1.82, 2.24) is 5.32 Å². The minimum absolute atomic E-state index is 0.0791. The number of unbranched alkanes of at least 4 members (excludes halogenated alkanes) is 31. The molecule has 0 aliphatic rings. The molecule has 0 aromatic rings. The van der Waals surface area contributed by atoms with Gasteiger partial charge in [0.2, 0.25) is 5.91 Å². The number of hydrogen-bond acceptors (Lipinski definition) is 5. The molecule has 3 N–H and O–H groups in total. The Morgan fingerprint density at radius 1 is 0.508 bits per heavy atom. The minimum Gasteiger partial charge on any atom is -0.462 e. The largest absolute Gasteiger partial charge is 0.462 e. The van der Waals surface area contributed by atoms with E-state index < -0.39 is 18.2 Å². The third-order valence-electron chi connectivity index (χ3n) is 12.0. The van der Waals surface area contributed by atoms with Crippen molar-refractivity contribution < 1.29 is 24.5 Å². The molecule has 0 fully saturated rings. The number of carbonyl (C=O) groups is 2. The van der Waals surface area contributed by atoms with Crippen LogP contribution in [0.25, 0.3) is 0 Å². The second-order valence-electron chi connectivity index (χ2n) is 17.9. The molecule has 6 heteroatoms. The number of nitrogens with one attached hydrogen (secondary N) is 1. The monoisotopic (exact) mass is 832 g/mol. The van der Waals surface area contributed by atoms with Gasteiger partial charge in [0.05, 0.1) is 25.2 Å². The average Bonchev–Trinajstić information content (AvgIpc) is 3.23. The molecule has 0 aliphatic carbocycles. The van der Waals surface area contributed by atoms with E-state index in [0.29, 0.717) is 19.3 Å². The van der Waals surface area contributed by atoms with Crippen molar-refractivity contribution >= 4 is 11.9 Å². The van der Waals surface area contributed by atoms with Crippen LogP contribution in [-0.4, -0.2) is 46.9 Å². The van der Waals surface area contributed by atoms with E-state index in [1.54, 1.807) is 0 Å². The number of ether oxygens (including phenoxy) is 1. The van der Waals surface area contributed by atoms with Crippen LogP contribution in [0.3, 0.4) is 0 Å². The van der Waals surface area contributed by atoms with Crippen molar-refractivity contribution in [2.75, 3.05) is 6.61 Å². The number of amides is 1. The summed E-state index contributed by atoms with van der Waals surface area (Å²) in [5, 5.41) is 23.8. The molecular formula is C53H101NO5. The molecule has 6 nitrogen and oxygen atoms in total. The zero-order valence-electron chi connectivity index (χ0n) is 39.7. The summed E-state index contributed by atoms with van der Waals surface area (Å²) in [6.45, 7) is 6.38. The predicted octanol–water partition coefficient (Wildman–Crippen LogP) is 15.5. The van der Waals surface area contributed by atoms with Crippen LogP contribution in [-0.2, 0) is 14.3 Å². The molecule has 0 aromatic carbocycles. The van der Waals surface area contributed by atoms with Crippen molar-refractivity contribution in [3.8, 4) is 0 Å². The predicted molar refractivity (Wildman–Crippen MR) is 255 cm³/mol. The fraction of sp³-hybridized carbons (Fsp3) is 0.887. The summed E-state index contributed by atoms with van der Waals surface area (Å²) in [4.78, 5) is 26.1. The van der Waals surface area contributed by atoms with Crippen LogP contribution in [0.2, 0.25) is 0 Å². The summed E-state index contributed by atoms with van der Waals surface area (Å²) < 4.78 is 5.91. The SMILES string of the molecule is CC/C=C/C/C=C/CCCCCCCCCC(=O)OC(CCCCCCCCCCC)CC(=O)NC(CO)C(O)CCCCCCCCCCCCCCCCCCC. The Labute approximate surface area is 367 Å². The fourth-order valence-electron chi connectivity index (χ4n) is 8.12. The van der Waals surface area contributed by atoms with E-state index in [2.05, 4.69) is 50.4 Å². The quantitative estimate of drug-likeness (QED) is 0.0322. The van der Waals surface area contributed by atoms with Crippen molar-refractivity contribution in [3.05, 3.63) is 24.3 Å². The van der Waals surface area contributed by atoms with Gasteiger partial charge in [-0.3, -0.25) is 9.59 Å². The number of aliphatic hydroxyl groups excluding tert-OH is 2. The number of hydrogen-bond donors (Lipinski definition) is 3. The lowest BCUT2D eigenvalue weighted by Gasteiger charge is -2.24. The Hall–Kier alpha value is -1.66. The van der Waals surface area contributed by atoms with Gasteiger partial charge in [-0.25, -0.2) is 0 Å². The second kappa shape index (κ2) is 47.4. The molecule has 0 spiro atoms. The highest BCUT2D eigenvalue weighted by atomic mass is 16.5. The summed E-state index contributed by atoms with van der Waals surface area (Å²) in [5.74, 6) is -0.472. The summed E-state index contributed by atoms with van der Waals surface area (Å²) >= 11 is 0. The molecule has 0 aliphatic heterocycles. The van der Waals surface area contributed by atoms with Gasteiger partial charge in [0.1, 0.15) is 6.10 Å². The second-order valence-corrected chi connectivity index (χ2v) is 17.9. The van der Waals surface area contributed by atoms with Crippen LogP contribution >= 0.6 is 0 Å². The zero-order chi connectivity index (χ0) is 43.1. The van der Waals surface area contributed by atoms with Gasteiger partial charge >= 0.3 is 5.97 Å². The normalized spacial score (nSPS) is 13.4. The van der Waals surface area contributed by atoms with Gasteiger partial charge in [-0.15, -0.1) is 0 Å². The van der Waals surface area contributed by atoms with Crippen LogP contribution in [0.4, 0.5) is 0 Å².